The molecule has 5 nitrogen and oxygen atoms in total. The largest absolute Gasteiger partial charge is 0.354 e. The standard InChI is InChI=1S/C21H32FN5/c1-5-20-19(15-23-14-16(2)3)21(26-12-10-25(4)11-13-26)27(24-20)18-8-6-17(22)7-9-18/h6-9,16,23H,5,10-15H2,1-4H3. The lowest BCUT2D eigenvalue weighted by Crippen LogP contribution is -2.45. The molecular formula is C21H32FN5. The van der Waals surface area contributed by atoms with E-state index >= 15 is 0 Å². The zero-order chi connectivity index (χ0) is 19.4. The number of piperazine rings is 1. The molecule has 0 unspecified atom stereocenters. The van der Waals surface area contributed by atoms with Crippen LogP contribution in [0, 0.1) is 11.7 Å². The molecule has 27 heavy (non-hydrogen) atoms. The smallest absolute Gasteiger partial charge is 0.137 e. The van der Waals surface area contributed by atoms with Gasteiger partial charge in [0, 0.05) is 38.3 Å². The lowest BCUT2D eigenvalue weighted by atomic mass is 10.1. The van der Waals surface area contributed by atoms with Gasteiger partial charge in [0.25, 0.3) is 0 Å². The Bertz CT molecular complexity index is 730. The molecule has 1 saturated heterocycles. The third kappa shape index (κ3) is 4.68. The SMILES string of the molecule is CCc1nn(-c2ccc(F)cc2)c(N2CCN(C)CC2)c1CNCC(C)C. The Morgan fingerprint density at radius 1 is 1.11 bits per heavy atom. The van der Waals surface area contributed by atoms with E-state index in [4.69, 9.17) is 5.10 Å². The van der Waals surface area contributed by atoms with Crippen molar-refractivity contribution >= 4 is 5.82 Å². The van der Waals surface area contributed by atoms with Crippen molar-refractivity contribution in [2.75, 3.05) is 44.7 Å². The molecule has 0 aliphatic carbocycles. The quantitative estimate of drug-likeness (QED) is 0.809. The van der Waals surface area contributed by atoms with E-state index in [-0.39, 0.29) is 5.82 Å². The fraction of sp³-hybridized carbons (Fsp3) is 0.571. The fourth-order valence-electron chi connectivity index (χ4n) is 3.54. The van der Waals surface area contributed by atoms with E-state index in [2.05, 4.69) is 42.9 Å². The van der Waals surface area contributed by atoms with E-state index < -0.39 is 0 Å². The van der Waals surface area contributed by atoms with Crippen molar-refractivity contribution in [1.82, 2.24) is 20.0 Å². The number of benzene rings is 1. The molecular weight excluding hydrogens is 341 g/mol. The molecule has 0 bridgehead atoms. The molecule has 1 N–H and O–H groups in total. The normalized spacial score (nSPS) is 15.7. The highest BCUT2D eigenvalue weighted by Crippen LogP contribution is 2.29. The summed E-state index contributed by atoms with van der Waals surface area (Å²) in [6, 6.07) is 6.64. The maximum atomic E-state index is 13.4. The van der Waals surface area contributed by atoms with Gasteiger partial charge in [-0.25, -0.2) is 9.07 Å². The van der Waals surface area contributed by atoms with Crippen molar-refractivity contribution in [2.45, 2.75) is 33.7 Å². The molecule has 1 aliphatic heterocycles. The van der Waals surface area contributed by atoms with E-state index in [1.54, 1.807) is 0 Å². The van der Waals surface area contributed by atoms with Gasteiger partial charge in [-0.05, 0) is 50.2 Å². The van der Waals surface area contributed by atoms with Crippen molar-refractivity contribution in [1.29, 1.82) is 0 Å². The summed E-state index contributed by atoms with van der Waals surface area (Å²) in [6.45, 7) is 12.4. The number of hydrogen-bond acceptors (Lipinski definition) is 4. The molecule has 0 saturated carbocycles. The van der Waals surface area contributed by atoms with Gasteiger partial charge in [-0.3, -0.25) is 0 Å². The number of nitrogens with one attached hydrogen (secondary N) is 1. The van der Waals surface area contributed by atoms with E-state index in [9.17, 15) is 4.39 Å². The Morgan fingerprint density at radius 3 is 2.37 bits per heavy atom. The van der Waals surface area contributed by atoms with Crippen LogP contribution >= 0.6 is 0 Å². The van der Waals surface area contributed by atoms with Gasteiger partial charge >= 0.3 is 0 Å². The second-order valence-electron chi connectivity index (χ2n) is 7.81. The number of aromatic nitrogens is 2. The molecule has 3 rings (SSSR count). The maximum Gasteiger partial charge on any atom is 0.137 e. The predicted octanol–water partition coefficient (Wildman–Crippen LogP) is 3.07. The molecule has 1 fully saturated rings. The van der Waals surface area contributed by atoms with Crippen LogP contribution in [0.3, 0.4) is 0 Å². The summed E-state index contributed by atoms with van der Waals surface area (Å²) in [5, 5.41) is 8.51. The van der Waals surface area contributed by atoms with Crippen molar-refractivity contribution in [3.63, 3.8) is 0 Å². The van der Waals surface area contributed by atoms with E-state index in [0.717, 1.165) is 62.9 Å². The second kappa shape index (κ2) is 8.85. The van der Waals surface area contributed by atoms with Crippen LogP contribution < -0.4 is 10.2 Å². The Morgan fingerprint density at radius 2 is 1.78 bits per heavy atom. The van der Waals surface area contributed by atoms with Gasteiger partial charge in [0.15, 0.2) is 0 Å². The molecule has 0 atom stereocenters. The zero-order valence-electron chi connectivity index (χ0n) is 17.0. The Balaban J connectivity index is 2.00. The summed E-state index contributed by atoms with van der Waals surface area (Å²) in [4.78, 5) is 4.79. The van der Waals surface area contributed by atoms with Gasteiger partial charge in [0.2, 0.25) is 0 Å². The highest BCUT2D eigenvalue weighted by atomic mass is 19.1. The monoisotopic (exact) mass is 373 g/mol. The first kappa shape index (κ1) is 19.8. The summed E-state index contributed by atoms with van der Waals surface area (Å²) < 4.78 is 15.4. The highest BCUT2D eigenvalue weighted by molar-refractivity contribution is 5.56. The molecule has 148 valence electrons. The third-order valence-electron chi connectivity index (χ3n) is 5.10. The molecule has 1 aromatic carbocycles. The van der Waals surface area contributed by atoms with Crippen LogP contribution in [0.25, 0.3) is 5.69 Å². The van der Waals surface area contributed by atoms with Crippen molar-refractivity contribution in [2.24, 2.45) is 5.92 Å². The number of halogens is 1. The topological polar surface area (TPSA) is 36.3 Å². The minimum Gasteiger partial charge on any atom is -0.354 e. The highest BCUT2D eigenvalue weighted by Gasteiger charge is 2.25. The predicted molar refractivity (Wildman–Crippen MR) is 109 cm³/mol. The van der Waals surface area contributed by atoms with Crippen LogP contribution in [-0.4, -0.2) is 54.5 Å². The first-order valence-corrected chi connectivity index (χ1v) is 10.0. The first-order valence-electron chi connectivity index (χ1n) is 10.0. The Kier molecular flexibility index (Phi) is 6.50. The van der Waals surface area contributed by atoms with Crippen LogP contribution in [0.1, 0.15) is 32.0 Å². The average Bonchev–Trinajstić information content (AvgIpc) is 3.01. The lowest BCUT2D eigenvalue weighted by Gasteiger charge is -2.34. The zero-order valence-corrected chi connectivity index (χ0v) is 17.0. The number of rotatable bonds is 7. The number of anilines is 1. The third-order valence-corrected chi connectivity index (χ3v) is 5.10. The molecule has 0 radical (unpaired) electrons. The van der Waals surface area contributed by atoms with Crippen LogP contribution in [-0.2, 0) is 13.0 Å². The molecule has 0 spiro atoms. The molecule has 1 aliphatic rings. The average molecular weight is 374 g/mol. The van der Waals surface area contributed by atoms with E-state index in [1.165, 1.54) is 17.7 Å². The van der Waals surface area contributed by atoms with Crippen LogP contribution in [0.5, 0.6) is 0 Å². The minimum atomic E-state index is -0.221. The van der Waals surface area contributed by atoms with Crippen LogP contribution in [0.2, 0.25) is 0 Å². The molecule has 6 heteroatoms. The van der Waals surface area contributed by atoms with Gasteiger partial charge in [0.05, 0.1) is 11.4 Å². The Labute approximate surface area is 162 Å². The summed E-state index contributed by atoms with van der Waals surface area (Å²) >= 11 is 0. The second-order valence-corrected chi connectivity index (χ2v) is 7.81. The van der Waals surface area contributed by atoms with E-state index in [0.29, 0.717) is 5.92 Å². The summed E-state index contributed by atoms with van der Waals surface area (Å²) in [5.41, 5.74) is 3.30. The number of hydrogen-bond donors (Lipinski definition) is 1. The number of nitrogens with zero attached hydrogens (tertiary/aromatic N) is 4. The molecule has 1 aromatic heterocycles. The number of aryl methyl sites for hydroxylation is 1. The lowest BCUT2D eigenvalue weighted by molar-refractivity contribution is 0.311. The molecule has 2 heterocycles. The van der Waals surface area contributed by atoms with E-state index in [1.807, 2.05) is 16.8 Å². The number of likely N-dealkylation sites (N-methyl/N-ethyl adjacent to an activating group) is 1. The van der Waals surface area contributed by atoms with Crippen LogP contribution in [0.4, 0.5) is 10.2 Å². The Hall–Kier alpha value is -1.92. The fourth-order valence-corrected chi connectivity index (χ4v) is 3.54. The van der Waals surface area contributed by atoms with Gasteiger partial charge in [0.1, 0.15) is 11.6 Å². The summed E-state index contributed by atoms with van der Waals surface area (Å²) in [7, 11) is 2.16. The van der Waals surface area contributed by atoms with Crippen molar-refractivity contribution in [3.8, 4) is 5.69 Å². The first-order chi connectivity index (χ1) is 13.0. The maximum absolute atomic E-state index is 13.4. The molecule has 2 aromatic rings. The van der Waals surface area contributed by atoms with Gasteiger partial charge in [-0.1, -0.05) is 20.8 Å². The van der Waals surface area contributed by atoms with Crippen LogP contribution in [0.15, 0.2) is 24.3 Å². The summed E-state index contributed by atoms with van der Waals surface area (Å²) in [6.07, 6.45) is 0.883. The van der Waals surface area contributed by atoms with Gasteiger partial charge in [-0.15, -0.1) is 0 Å². The van der Waals surface area contributed by atoms with Crippen molar-refractivity contribution in [3.05, 3.63) is 41.3 Å². The minimum absolute atomic E-state index is 0.221. The van der Waals surface area contributed by atoms with Gasteiger partial charge in [-0.2, -0.15) is 5.10 Å². The molecule has 0 amide bonds. The van der Waals surface area contributed by atoms with Crippen molar-refractivity contribution < 1.29 is 4.39 Å². The summed E-state index contributed by atoms with van der Waals surface area (Å²) in [5.74, 6) is 1.54. The van der Waals surface area contributed by atoms with Gasteiger partial charge < -0.3 is 15.1 Å².